The van der Waals surface area contributed by atoms with E-state index in [0.717, 1.165) is 13.1 Å². The van der Waals surface area contributed by atoms with Crippen LogP contribution in [-0.4, -0.2) is 19.9 Å². The highest BCUT2D eigenvalue weighted by atomic mass is 79.9. The molecule has 0 fully saturated rings. The lowest BCUT2D eigenvalue weighted by atomic mass is 10.1. The smallest absolute Gasteiger partial charge is 0.150 e. The number of hydrogen-bond donors (Lipinski definition) is 1. The van der Waals surface area contributed by atoms with Crippen molar-refractivity contribution in [1.29, 1.82) is 0 Å². The third-order valence-corrected chi connectivity index (χ3v) is 6.67. The van der Waals surface area contributed by atoms with Crippen LogP contribution in [0, 0.1) is 0 Å². The van der Waals surface area contributed by atoms with Gasteiger partial charge in [0.15, 0.2) is 0 Å². The van der Waals surface area contributed by atoms with E-state index in [0.29, 0.717) is 12.8 Å². The average molecular weight is 405 g/mol. The molecule has 0 aliphatic carbocycles. The van der Waals surface area contributed by atoms with Crippen LogP contribution in [0.1, 0.15) is 31.4 Å². The molecule has 0 saturated heterocycles. The monoisotopic (exact) mass is 403 g/mol. The fourth-order valence-corrected chi connectivity index (χ4v) is 5.32. The van der Waals surface area contributed by atoms with E-state index in [1.165, 1.54) is 0 Å². The van der Waals surface area contributed by atoms with E-state index < -0.39 is 9.84 Å². The summed E-state index contributed by atoms with van der Waals surface area (Å²) in [5.74, 6) is 0.427. The second-order valence-electron chi connectivity index (χ2n) is 3.76. The molecule has 1 unspecified atom stereocenters. The minimum absolute atomic E-state index is 0.112. The summed E-state index contributed by atoms with van der Waals surface area (Å²) in [7, 11) is -2.88. The summed E-state index contributed by atoms with van der Waals surface area (Å²) in [4.78, 5) is 0. The lowest BCUT2D eigenvalue weighted by molar-refractivity contribution is 0.584. The van der Waals surface area contributed by atoms with Crippen molar-refractivity contribution < 1.29 is 8.42 Å². The van der Waals surface area contributed by atoms with Crippen molar-refractivity contribution in [2.75, 3.05) is 11.5 Å². The van der Waals surface area contributed by atoms with Crippen LogP contribution in [0.4, 0.5) is 0 Å². The van der Waals surface area contributed by atoms with Crippen LogP contribution in [0.2, 0.25) is 0 Å². The van der Waals surface area contributed by atoms with Gasteiger partial charge < -0.3 is 5.73 Å². The molecular weight excluding hydrogens is 390 g/mol. The van der Waals surface area contributed by atoms with Gasteiger partial charge in [0.25, 0.3) is 0 Å². The molecular formula is C10H15Br2NO2S2. The SMILES string of the molecule is CCS(=O)(=O)CCCC(N)c1cc(Br)sc1Br. The second-order valence-corrected chi connectivity index (χ2v) is 9.99. The first kappa shape index (κ1) is 15.6. The van der Waals surface area contributed by atoms with Crippen molar-refractivity contribution in [1.82, 2.24) is 0 Å². The van der Waals surface area contributed by atoms with E-state index in [1.54, 1.807) is 18.3 Å². The van der Waals surface area contributed by atoms with Crippen LogP contribution in [0.3, 0.4) is 0 Å². The van der Waals surface area contributed by atoms with Crippen LogP contribution < -0.4 is 5.73 Å². The highest BCUT2D eigenvalue weighted by Crippen LogP contribution is 2.35. The number of nitrogens with two attached hydrogens (primary N) is 1. The minimum atomic E-state index is -2.88. The molecule has 1 aromatic heterocycles. The van der Waals surface area contributed by atoms with Crippen molar-refractivity contribution in [2.45, 2.75) is 25.8 Å². The molecule has 17 heavy (non-hydrogen) atoms. The fourth-order valence-electron chi connectivity index (χ4n) is 1.43. The Balaban J connectivity index is 2.51. The lowest BCUT2D eigenvalue weighted by Crippen LogP contribution is -2.14. The van der Waals surface area contributed by atoms with E-state index in [4.69, 9.17) is 5.73 Å². The molecule has 0 spiro atoms. The summed E-state index contributed by atoms with van der Waals surface area (Å²) in [5, 5.41) is 0. The third-order valence-electron chi connectivity index (χ3n) is 2.49. The van der Waals surface area contributed by atoms with E-state index in [2.05, 4.69) is 31.9 Å². The molecule has 0 radical (unpaired) electrons. The van der Waals surface area contributed by atoms with Crippen molar-refractivity contribution in [2.24, 2.45) is 5.73 Å². The van der Waals surface area contributed by atoms with Gasteiger partial charge in [0.05, 0.1) is 13.3 Å². The summed E-state index contributed by atoms with van der Waals surface area (Å²) in [6, 6.07) is 1.87. The van der Waals surface area contributed by atoms with Gasteiger partial charge >= 0.3 is 0 Å². The first-order chi connectivity index (χ1) is 7.85. The molecule has 1 aromatic rings. The largest absolute Gasteiger partial charge is 0.324 e. The zero-order chi connectivity index (χ0) is 13.1. The first-order valence-electron chi connectivity index (χ1n) is 5.26. The summed E-state index contributed by atoms with van der Waals surface area (Å²) < 4.78 is 24.7. The fraction of sp³-hybridized carbons (Fsp3) is 0.600. The normalized spacial score (nSPS) is 13.9. The lowest BCUT2D eigenvalue weighted by Gasteiger charge is -2.10. The molecule has 0 aliphatic heterocycles. The predicted octanol–water partition coefficient (Wildman–Crippen LogP) is 3.49. The van der Waals surface area contributed by atoms with Crippen LogP contribution in [-0.2, 0) is 9.84 Å². The number of sulfone groups is 1. The second kappa shape index (κ2) is 6.65. The first-order valence-corrected chi connectivity index (χ1v) is 9.49. The van der Waals surface area contributed by atoms with Gasteiger partial charge in [-0.15, -0.1) is 11.3 Å². The van der Waals surface area contributed by atoms with Crippen molar-refractivity contribution in [3.8, 4) is 0 Å². The molecule has 1 heterocycles. The van der Waals surface area contributed by atoms with Gasteiger partial charge in [-0.25, -0.2) is 8.42 Å². The Morgan fingerprint density at radius 2 is 2.12 bits per heavy atom. The standard InChI is InChI=1S/C10H15Br2NO2S2/c1-2-17(14,15)5-3-4-8(13)7-6-9(11)16-10(7)12/h6,8H,2-5,13H2,1H3. The molecule has 0 aromatic carbocycles. The minimum Gasteiger partial charge on any atom is -0.324 e. The van der Waals surface area contributed by atoms with Gasteiger partial charge in [0, 0.05) is 11.8 Å². The van der Waals surface area contributed by atoms with Crippen LogP contribution in [0.15, 0.2) is 13.6 Å². The van der Waals surface area contributed by atoms with Gasteiger partial charge in [-0.2, -0.15) is 0 Å². The van der Waals surface area contributed by atoms with E-state index in [9.17, 15) is 8.42 Å². The quantitative estimate of drug-likeness (QED) is 0.789. The number of hydrogen-bond acceptors (Lipinski definition) is 4. The molecule has 3 nitrogen and oxygen atoms in total. The number of halogens is 2. The average Bonchev–Trinajstić information content (AvgIpc) is 2.57. The molecule has 1 rings (SSSR count). The molecule has 0 bridgehead atoms. The third kappa shape index (κ3) is 4.98. The van der Waals surface area contributed by atoms with Gasteiger partial charge in [0.1, 0.15) is 9.84 Å². The zero-order valence-corrected chi connectivity index (χ0v) is 14.3. The summed E-state index contributed by atoms with van der Waals surface area (Å²) in [6.07, 6.45) is 1.29. The van der Waals surface area contributed by atoms with Crippen LogP contribution >= 0.6 is 43.2 Å². The summed E-state index contributed by atoms with van der Waals surface area (Å²) in [5.41, 5.74) is 7.08. The van der Waals surface area contributed by atoms with E-state index in [1.807, 2.05) is 6.07 Å². The van der Waals surface area contributed by atoms with Crippen molar-refractivity contribution >= 4 is 53.0 Å². The van der Waals surface area contributed by atoms with Gasteiger partial charge in [-0.05, 0) is 56.3 Å². The van der Waals surface area contributed by atoms with Gasteiger partial charge in [0.2, 0.25) is 0 Å². The molecule has 1 atom stereocenters. The van der Waals surface area contributed by atoms with Crippen LogP contribution in [0.5, 0.6) is 0 Å². The maximum atomic E-state index is 11.3. The molecule has 98 valence electrons. The van der Waals surface area contributed by atoms with Crippen molar-refractivity contribution in [3.05, 3.63) is 19.2 Å². The Kier molecular flexibility index (Phi) is 6.12. The number of rotatable bonds is 6. The Hall–Kier alpha value is 0.570. The highest BCUT2D eigenvalue weighted by molar-refractivity contribution is 9.12. The molecule has 0 amide bonds. The van der Waals surface area contributed by atoms with Crippen LogP contribution in [0.25, 0.3) is 0 Å². The van der Waals surface area contributed by atoms with E-state index >= 15 is 0 Å². The van der Waals surface area contributed by atoms with Crippen molar-refractivity contribution in [3.63, 3.8) is 0 Å². The Morgan fingerprint density at radius 1 is 1.47 bits per heavy atom. The maximum Gasteiger partial charge on any atom is 0.150 e. The Bertz CT molecular complexity index is 471. The van der Waals surface area contributed by atoms with E-state index in [-0.39, 0.29) is 17.5 Å². The topological polar surface area (TPSA) is 60.2 Å². The summed E-state index contributed by atoms with van der Waals surface area (Å²) >= 11 is 8.43. The molecule has 0 aliphatic rings. The molecule has 2 N–H and O–H groups in total. The van der Waals surface area contributed by atoms with Gasteiger partial charge in [-0.1, -0.05) is 6.92 Å². The highest BCUT2D eigenvalue weighted by Gasteiger charge is 2.14. The number of thiophene rings is 1. The summed E-state index contributed by atoms with van der Waals surface area (Å²) in [6.45, 7) is 1.67. The maximum absolute atomic E-state index is 11.3. The predicted molar refractivity (Wildman–Crippen MR) is 80.2 cm³/mol. The van der Waals surface area contributed by atoms with Gasteiger partial charge in [-0.3, -0.25) is 0 Å². The Labute approximate surface area is 123 Å². The molecule has 7 heteroatoms. The zero-order valence-electron chi connectivity index (χ0n) is 9.45. The Morgan fingerprint density at radius 3 is 2.59 bits per heavy atom. The molecule has 0 saturated carbocycles.